The smallest absolute Gasteiger partial charge is 0.229 e. The van der Waals surface area contributed by atoms with E-state index in [9.17, 15) is 8.42 Å². The van der Waals surface area contributed by atoms with E-state index >= 15 is 0 Å². The largest absolute Gasteiger partial charge is 0.490 e. The fourth-order valence-corrected chi connectivity index (χ4v) is 1.55. The molecule has 5 heteroatoms. The normalized spacial score (nSPS) is 10.7. The lowest BCUT2D eigenvalue weighted by Gasteiger charge is -2.05. The second kappa shape index (κ2) is 4.84. The summed E-state index contributed by atoms with van der Waals surface area (Å²) in [4.78, 5) is 0. The van der Waals surface area contributed by atoms with Gasteiger partial charge in [0.2, 0.25) is 10.0 Å². The van der Waals surface area contributed by atoms with Crippen LogP contribution in [0.2, 0.25) is 0 Å². The highest BCUT2D eigenvalue weighted by molar-refractivity contribution is 7.92. The van der Waals surface area contributed by atoms with E-state index in [0.717, 1.165) is 6.26 Å². The Morgan fingerprint density at radius 1 is 1.40 bits per heavy atom. The van der Waals surface area contributed by atoms with E-state index in [1.54, 1.807) is 30.3 Å². The van der Waals surface area contributed by atoms with Gasteiger partial charge in [0.1, 0.15) is 12.4 Å². The van der Waals surface area contributed by atoms with E-state index in [-0.39, 0.29) is 0 Å². The van der Waals surface area contributed by atoms with Gasteiger partial charge in [-0.25, -0.2) is 8.42 Å². The number of sulfonamides is 1. The summed E-state index contributed by atoms with van der Waals surface area (Å²) in [5.74, 6) is 0.675. The van der Waals surface area contributed by atoms with Crippen molar-refractivity contribution in [1.29, 1.82) is 0 Å². The van der Waals surface area contributed by atoms with Crippen LogP contribution in [0.4, 0.5) is 5.69 Å². The quantitative estimate of drug-likeness (QED) is 0.778. The molecule has 0 fully saturated rings. The van der Waals surface area contributed by atoms with Crippen molar-refractivity contribution < 1.29 is 13.2 Å². The predicted molar refractivity (Wildman–Crippen MR) is 60.6 cm³/mol. The zero-order valence-electron chi connectivity index (χ0n) is 8.43. The van der Waals surface area contributed by atoms with Crippen molar-refractivity contribution in [3.8, 4) is 5.75 Å². The molecule has 0 unspecified atom stereocenters. The lowest BCUT2D eigenvalue weighted by molar-refractivity contribution is 0.363. The number of ether oxygens (including phenoxy) is 1. The first kappa shape index (κ1) is 11.6. The number of hydrogen-bond acceptors (Lipinski definition) is 3. The van der Waals surface area contributed by atoms with Crippen LogP contribution in [0.3, 0.4) is 0 Å². The van der Waals surface area contributed by atoms with Gasteiger partial charge in [-0.3, -0.25) is 4.72 Å². The van der Waals surface area contributed by atoms with Gasteiger partial charge < -0.3 is 4.74 Å². The molecule has 0 amide bonds. The minimum absolute atomic E-state index is 0.429. The Morgan fingerprint density at radius 3 is 2.47 bits per heavy atom. The molecule has 0 saturated heterocycles. The minimum Gasteiger partial charge on any atom is -0.490 e. The van der Waals surface area contributed by atoms with Crippen LogP contribution >= 0.6 is 0 Å². The third-order valence-electron chi connectivity index (χ3n) is 1.53. The van der Waals surface area contributed by atoms with Crippen LogP contribution in [-0.4, -0.2) is 21.3 Å². The van der Waals surface area contributed by atoms with Crippen LogP contribution in [-0.2, 0) is 10.0 Å². The molecule has 0 heterocycles. The second-order valence-electron chi connectivity index (χ2n) is 3.00. The number of benzene rings is 1. The molecule has 0 bridgehead atoms. The van der Waals surface area contributed by atoms with E-state index in [1.165, 1.54) is 0 Å². The molecule has 0 saturated carbocycles. The van der Waals surface area contributed by atoms with Crippen molar-refractivity contribution in [3.63, 3.8) is 0 Å². The van der Waals surface area contributed by atoms with E-state index in [0.29, 0.717) is 18.0 Å². The summed E-state index contributed by atoms with van der Waals surface area (Å²) in [5, 5.41) is 0. The summed E-state index contributed by atoms with van der Waals surface area (Å²) in [6, 6.07) is 6.66. The van der Waals surface area contributed by atoms with Gasteiger partial charge in [-0.05, 0) is 24.3 Å². The summed E-state index contributed by atoms with van der Waals surface area (Å²) in [6.45, 7) is 3.95. The number of nitrogens with one attached hydrogen (secondary N) is 1. The number of hydrogen-bond donors (Lipinski definition) is 1. The molecule has 0 atom stereocenters. The van der Waals surface area contributed by atoms with Crippen molar-refractivity contribution in [2.75, 3.05) is 17.6 Å². The van der Waals surface area contributed by atoms with Crippen molar-refractivity contribution in [3.05, 3.63) is 36.9 Å². The van der Waals surface area contributed by atoms with Crippen molar-refractivity contribution in [2.45, 2.75) is 0 Å². The third-order valence-corrected chi connectivity index (χ3v) is 2.13. The maximum atomic E-state index is 10.9. The molecular weight excluding hydrogens is 214 g/mol. The van der Waals surface area contributed by atoms with E-state index in [2.05, 4.69) is 11.3 Å². The van der Waals surface area contributed by atoms with Crippen molar-refractivity contribution in [2.24, 2.45) is 0 Å². The zero-order chi connectivity index (χ0) is 11.3. The molecule has 0 aliphatic heterocycles. The summed E-state index contributed by atoms with van der Waals surface area (Å²) in [5.41, 5.74) is 0.517. The summed E-state index contributed by atoms with van der Waals surface area (Å²) >= 11 is 0. The second-order valence-corrected chi connectivity index (χ2v) is 4.75. The van der Waals surface area contributed by atoms with Crippen LogP contribution in [0.1, 0.15) is 0 Å². The molecule has 0 spiro atoms. The topological polar surface area (TPSA) is 55.4 Å². The van der Waals surface area contributed by atoms with Crippen LogP contribution in [0, 0.1) is 0 Å². The number of rotatable bonds is 5. The monoisotopic (exact) mass is 227 g/mol. The molecule has 0 radical (unpaired) electrons. The van der Waals surface area contributed by atoms with Crippen molar-refractivity contribution in [1.82, 2.24) is 0 Å². The van der Waals surface area contributed by atoms with Crippen LogP contribution in [0.15, 0.2) is 36.9 Å². The zero-order valence-corrected chi connectivity index (χ0v) is 9.25. The van der Waals surface area contributed by atoms with Crippen LogP contribution in [0.5, 0.6) is 5.75 Å². The molecule has 1 aromatic rings. The molecule has 0 aromatic heterocycles. The van der Waals surface area contributed by atoms with Crippen LogP contribution < -0.4 is 9.46 Å². The Bertz CT molecular complexity index is 422. The van der Waals surface area contributed by atoms with Gasteiger partial charge in [-0.15, -0.1) is 0 Å². The summed E-state index contributed by atoms with van der Waals surface area (Å²) in [6.07, 6.45) is 2.75. The molecule has 1 rings (SSSR count). The maximum absolute atomic E-state index is 10.9. The van der Waals surface area contributed by atoms with Crippen molar-refractivity contribution >= 4 is 15.7 Å². The number of anilines is 1. The maximum Gasteiger partial charge on any atom is 0.229 e. The average molecular weight is 227 g/mol. The lowest BCUT2D eigenvalue weighted by atomic mass is 10.3. The molecule has 0 aliphatic rings. The Kier molecular flexibility index (Phi) is 3.74. The molecular formula is C10H13NO3S. The molecule has 15 heavy (non-hydrogen) atoms. The Morgan fingerprint density at radius 2 is 2.00 bits per heavy atom. The standard InChI is InChI=1S/C10H13NO3S/c1-3-8-14-10-6-4-9(5-7-10)11-15(2,12)13/h3-7,11H,1,8H2,2H3. The van der Waals surface area contributed by atoms with Gasteiger partial charge in [0.25, 0.3) is 0 Å². The first-order chi connectivity index (χ1) is 7.01. The highest BCUT2D eigenvalue weighted by Crippen LogP contribution is 2.16. The Balaban J connectivity index is 2.68. The molecule has 0 aliphatic carbocycles. The highest BCUT2D eigenvalue weighted by Gasteiger charge is 2.01. The Hall–Kier alpha value is -1.49. The fourth-order valence-electron chi connectivity index (χ4n) is 0.988. The van der Waals surface area contributed by atoms with Gasteiger partial charge in [0.05, 0.1) is 6.26 Å². The van der Waals surface area contributed by atoms with Gasteiger partial charge >= 0.3 is 0 Å². The predicted octanol–water partition coefficient (Wildman–Crippen LogP) is 1.62. The SMILES string of the molecule is C=CCOc1ccc(NS(C)(=O)=O)cc1. The van der Waals surface area contributed by atoms with E-state index < -0.39 is 10.0 Å². The first-order valence-corrected chi connectivity index (χ1v) is 6.22. The van der Waals surface area contributed by atoms with E-state index in [4.69, 9.17) is 4.74 Å². The minimum atomic E-state index is -3.21. The first-order valence-electron chi connectivity index (χ1n) is 4.33. The molecule has 82 valence electrons. The van der Waals surface area contributed by atoms with Gasteiger partial charge in [0.15, 0.2) is 0 Å². The fraction of sp³-hybridized carbons (Fsp3) is 0.200. The van der Waals surface area contributed by atoms with E-state index in [1.807, 2.05) is 0 Å². The highest BCUT2D eigenvalue weighted by atomic mass is 32.2. The van der Waals surface area contributed by atoms with Crippen LogP contribution in [0.25, 0.3) is 0 Å². The summed E-state index contributed by atoms with van der Waals surface area (Å²) < 4.78 is 29.4. The molecule has 1 N–H and O–H groups in total. The summed E-state index contributed by atoms with van der Waals surface area (Å²) in [7, 11) is -3.21. The Labute approximate surface area is 89.6 Å². The third kappa shape index (κ3) is 4.51. The van der Waals surface area contributed by atoms with Gasteiger partial charge in [-0.2, -0.15) is 0 Å². The molecule has 1 aromatic carbocycles. The van der Waals surface area contributed by atoms with Gasteiger partial charge in [-0.1, -0.05) is 12.7 Å². The molecule has 4 nitrogen and oxygen atoms in total. The lowest BCUT2D eigenvalue weighted by Crippen LogP contribution is -2.09. The average Bonchev–Trinajstić information content (AvgIpc) is 2.14. The van der Waals surface area contributed by atoms with Gasteiger partial charge in [0, 0.05) is 5.69 Å².